The van der Waals surface area contributed by atoms with Crippen molar-refractivity contribution in [3.8, 4) is 17.0 Å². The molecular formula is C21H23N5O4. The number of aliphatic hydroxyl groups excluding tert-OH is 1. The summed E-state index contributed by atoms with van der Waals surface area (Å²) in [5, 5.41) is 15.6. The third-order valence-corrected chi connectivity index (χ3v) is 4.21. The maximum atomic E-state index is 11.9. The second-order valence-corrected chi connectivity index (χ2v) is 6.46. The number of hydrogen-bond acceptors (Lipinski definition) is 9. The Morgan fingerprint density at radius 1 is 1.20 bits per heavy atom. The summed E-state index contributed by atoms with van der Waals surface area (Å²) in [6.07, 6.45) is 3.39. The molecule has 0 aliphatic rings. The van der Waals surface area contributed by atoms with Crippen LogP contribution in [-0.4, -0.2) is 52.9 Å². The number of pyridine rings is 1. The molecule has 1 aromatic carbocycles. The van der Waals surface area contributed by atoms with Crippen molar-refractivity contribution in [2.24, 2.45) is 0 Å². The van der Waals surface area contributed by atoms with Gasteiger partial charge in [-0.25, -0.2) is 9.78 Å². The van der Waals surface area contributed by atoms with E-state index in [1.165, 1.54) is 14.2 Å². The summed E-state index contributed by atoms with van der Waals surface area (Å²) in [6.45, 7) is 1.76. The zero-order valence-corrected chi connectivity index (χ0v) is 16.9. The Balaban J connectivity index is 1.96. The van der Waals surface area contributed by atoms with Crippen LogP contribution in [0.25, 0.3) is 11.3 Å². The Labute approximate surface area is 174 Å². The number of rotatable bonds is 8. The minimum Gasteiger partial charge on any atom is -0.496 e. The molecule has 9 nitrogen and oxygen atoms in total. The number of aromatic nitrogens is 3. The molecule has 3 aromatic rings. The lowest BCUT2D eigenvalue weighted by atomic mass is 10.1. The lowest BCUT2D eigenvalue weighted by Crippen LogP contribution is -2.21. The van der Waals surface area contributed by atoms with Crippen LogP contribution < -0.4 is 15.4 Å². The quantitative estimate of drug-likeness (QED) is 0.483. The van der Waals surface area contributed by atoms with Crippen molar-refractivity contribution < 1.29 is 19.4 Å². The van der Waals surface area contributed by atoms with Crippen LogP contribution in [0.5, 0.6) is 5.75 Å². The van der Waals surface area contributed by atoms with E-state index < -0.39 is 5.97 Å². The molecular weight excluding hydrogens is 386 g/mol. The molecule has 0 amide bonds. The summed E-state index contributed by atoms with van der Waals surface area (Å²) < 4.78 is 10.1. The van der Waals surface area contributed by atoms with Crippen LogP contribution in [-0.2, 0) is 4.74 Å². The molecule has 30 heavy (non-hydrogen) atoms. The van der Waals surface area contributed by atoms with Gasteiger partial charge < -0.3 is 25.2 Å². The minimum atomic E-state index is -0.483. The van der Waals surface area contributed by atoms with Gasteiger partial charge in [0, 0.05) is 41.8 Å². The average molecular weight is 409 g/mol. The maximum Gasteiger partial charge on any atom is 0.341 e. The Kier molecular flexibility index (Phi) is 6.76. The maximum absolute atomic E-state index is 11.9. The summed E-state index contributed by atoms with van der Waals surface area (Å²) in [4.78, 5) is 25.0. The van der Waals surface area contributed by atoms with Gasteiger partial charge >= 0.3 is 5.97 Å². The lowest BCUT2D eigenvalue weighted by molar-refractivity contribution is 0.0597. The molecule has 0 unspecified atom stereocenters. The Hall–Kier alpha value is -3.72. The van der Waals surface area contributed by atoms with Gasteiger partial charge in [0.2, 0.25) is 5.95 Å². The Morgan fingerprint density at radius 2 is 2.03 bits per heavy atom. The van der Waals surface area contributed by atoms with Crippen LogP contribution >= 0.6 is 0 Å². The molecule has 0 bridgehead atoms. The van der Waals surface area contributed by atoms with E-state index in [1.54, 1.807) is 36.7 Å². The van der Waals surface area contributed by atoms with Gasteiger partial charge in [-0.05, 0) is 31.2 Å². The van der Waals surface area contributed by atoms with E-state index in [2.05, 4.69) is 25.6 Å². The zero-order valence-electron chi connectivity index (χ0n) is 16.9. The topological polar surface area (TPSA) is 118 Å². The number of hydrogen-bond donors (Lipinski definition) is 3. The van der Waals surface area contributed by atoms with E-state index in [9.17, 15) is 9.90 Å². The first kappa shape index (κ1) is 21.0. The molecule has 2 heterocycles. The zero-order chi connectivity index (χ0) is 21.5. The van der Waals surface area contributed by atoms with Crippen LogP contribution in [0.1, 0.15) is 17.3 Å². The third kappa shape index (κ3) is 5.00. The molecule has 0 aliphatic heterocycles. The molecule has 1 atom stereocenters. The fourth-order valence-electron chi connectivity index (χ4n) is 2.70. The van der Waals surface area contributed by atoms with E-state index in [1.807, 2.05) is 19.1 Å². The van der Waals surface area contributed by atoms with Gasteiger partial charge in [-0.1, -0.05) is 0 Å². The number of carbonyl (C=O) groups excluding carboxylic acids is 1. The average Bonchev–Trinajstić information content (AvgIpc) is 2.78. The summed E-state index contributed by atoms with van der Waals surface area (Å²) in [7, 11) is 2.80. The standard InChI is InChI=1S/C21H23N5O4/c1-13(12-27)23-21-25-17(14-5-4-8-22-11-14)10-19(26-21)24-15-6-7-16(20(28)30-3)18(9-15)29-2/h4-11,13,27H,12H2,1-3H3,(H2,23,24,25,26)/t13-/m0/s1. The lowest BCUT2D eigenvalue weighted by Gasteiger charge is -2.15. The van der Waals surface area contributed by atoms with E-state index in [0.717, 1.165) is 5.56 Å². The van der Waals surface area contributed by atoms with E-state index >= 15 is 0 Å². The highest BCUT2D eigenvalue weighted by Gasteiger charge is 2.14. The molecule has 2 aromatic heterocycles. The smallest absolute Gasteiger partial charge is 0.341 e. The molecule has 0 spiro atoms. The largest absolute Gasteiger partial charge is 0.496 e. The van der Waals surface area contributed by atoms with Crippen LogP contribution in [0.4, 0.5) is 17.5 Å². The fraction of sp³-hybridized carbons (Fsp3) is 0.238. The van der Waals surface area contributed by atoms with Gasteiger partial charge in [0.05, 0.1) is 26.5 Å². The number of esters is 1. The molecule has 3 N–H and O–H groups in total. The van der Waals surface area contributed by atoms with Gasteiger partial charge in [0.1, 0.15) is 17.1 Å². The molecule has 9 heteroatoms. The highest BCUT2D eigenvalue weighted by molar-refractivity contribution is 5.93. The van der Waals surface area contributed by atoms with Gasteiger partial charge in [-0.3, -0.25) is 4.98 Å². The fourth-order valence-corrected chi connectivity index (χ4v) is 2.70. The second kappa shape index (κ2) is 9.66. The van der Waals surface area contributed by atoms with Crippen molar-refractivity contribution in [1.82, 2.24) is 15.0 Å². The first-order valence-electron chi connectivity index (χ1n) is 9.24. The predicted octanol–water partition coefficient (Wildman–Crippen LogP) is 2.87. The van der Waals surface area contributed by atoms with Crippen molar-refractivity contribution in [2.75, 3.05) is 31.5 Å². The van der Waals surface area contributed by atoms with Crippen LogP contribution in [0.2, 0.25) is 0 Å². The molecule has 0 radical (unpaired) electrons. The first-order valence-corrected chi connectivity index (χ1v) is 9.24. The van der Waals surface area contributed by atoms with Crippen LogP contribution in [0.3, 0.4) is 0 Å². The predicted molar refractivity (Wildman–Crippen MR) is 113 cm³/mol. The molecule has 0 saturated carbocycles. The third-order valence-electron chi connectivity index (χ3n) is 4.21. The van der Waals surface area contributed by atoms with Gasteiger partial charge in [0.25, 0.3) is 0 Å². The van der Waals surface area contributed by atoms with Crippen molar-refractivity contribution >= 4 is 23.4 Å². The number of benzene rings is 1. The van der Waals surface area contributed by atoms with Crippen molar-refractivity contribution in [3.63, 3.8) is 0 Å². The van der Waals surface area contributed by atoms with E-state index in [4.69, 9.17) is 9.47 Å². The second-order valence-electron chi connectivity index (χ2n) is 6.46. The number of ether oxygens (including phenoxy) is 2. The number of methoxy groups -OCH3 is 2. The molecule has 0 aliphatic carbocycles. The SMILES string of the molecule is COC(=O)c1ccc(Nc2cc(-c3cccnc3)nc(N[C@@H](C)CO)n2)cc1OC. The number of carbonyl (C=O) groups is 1. The highest BCUT2D eigenvalue weighted by atomic mass is 16.5. The van der Waals surface area contributed by atoms with Crippen LogP contribution in [0, 0.1) is 0 Å². The van der Waals surface area contributed by atoms with Crippen molar-refractivity contribution in [3.05, 3.63) is 54.4 Å². The monoisotopic (exact) mass is 409 g/mol. The molecule has 156 valence electrons. The van der Waals surface area contributed by atoms with Crippen molar-refractivity contribution in [1.29, 1.82) is 0 Å². The summed E-state index contributed by atoms with van der Waals surface area (Å²) in [5.74, 6) is 0.771. The summed E-state index contributed by atoms with van der Waals surface area (Å²) in [6, 6.07) is 10.3. The number of nitrogens with zero attached hydrogens (tertiary/aromatic N) is 3. The number of nitrogens with one attached hydrogen (secondary N) is 2. The summed E-state index contributed by atoms with van der Waals surface area (Å²) in [5.41, 5.74) is 2.47. The highest BCUT2D eigenvalue weighted by Crippen LogP contribution is 2.27. The van der Waals surface area contributed by atoms with Gasteiger partial charge in [0.15, 0.2) is 0 Å². The van der Waals surface area contributed by atoms with E-state index in [0.29, 0.717) is 34.5 Å². The minimum absolute atomic E-state index is 0.0601. The van der Waals surface area contributed by atoms with E-state index in [-0.39, 0.29) is 12.6 Å². The number of anilines is 3. The molecule has 0 fully saturated rings. The van der Waals surface area contributed by atoms with Gasteiger partial charge in [-0.2, -0.15) is 4.98 Å². The molecule has 3 rings (SSSR count). The first-order chi connectivity index (χ1) is 14.5. The number of aliphatic hydroxyl groups is 1. The van der Waals surface area contributed by atoms with Crippen molar-refractivity contribution in [2.45, 2.75) is 13.0 Å². The Morgan fingerprint density at radius 3 is 2.70 bits per heavy atom. The molecule has 0 saturated heterocycles. The Bertz CT molecular complexity index is 1010. The van der Waals surface area contributed by atoms with Crippen LogP contribution in [0.15, 0.2) is 48.8 Å². The summed E-state index contributed by atoms with van der Waals surface area (Å²) >= 11 is 0. The normalized spacial score (nSPS) is 11.5. The van der Waals surface area contributed by atoms with Gasteiger partial charge in [-0.15, -0.1) is 0 Å².